The summed E-state index contributed by atoms with van der Waals surface area (Å²) < 4.78 is 0. The predicted molar refractivity (Wildman–Crippen MR) is 96.9 cm³/mol. The molecule has 0 spiro atoms. The summed E-state index contributed by atoms with van der Waals surface area (Å²) in [5, 5.41) is 12.7. The second kappa shape index (κ2) is 7.69. The van der Waals surface area contributed by atoms with Crippen molar-refractivity contribution in [3.05, 3.63) is 35.4 Å². The Morgan fingerprint density at radius 3 is 2.67 bits per heavy atom. The summed E-state index contributed by atoms with van der Waals surface area (Å²) in [5.74, 6) is 1.17. The Morgan fingerprint density at radius 2 is 1.96 bits per heavy atom. The number of benzene rings is 1. The van der Waals surface area contributed by atoms with Crippen molar-refractivity contribution in [2.45, 2.75) is 63.7 Å². The zero-order valence-electron chi connectivity index (χ0n) is 14.9. The number of hydrogen-bond donors (Lipinski definition) is 2. The van der Waals surface area contributed by atoms with Crippen molar-refractivity contribution in [2.24, 2.45) is 11.8 Å². The number of rotatable bonds is 5. The third-order valence-electron chi connectivity index (χ3n) is 6.16. The fourth-order valence-corrected chi connectivity index (χ4v) is 4.73. The summed E-state index contributed by atoms with van der Waals surface area (Å²) >= 11 is 0. The number of carbonyl (C=O) groups excluding carboxylic acids is 1. The normalized spacial score (nSPS) is 26.2. The van der Waals surface area contributed by atoms with Crippen LogP contribution in [0, 0.1) is 18.8 Å². The molecule has 2 fully saturated rings. The van der Waals surface area contributed by atoms with Gasteiger partial charge in [0.05, 0.1) is 5.41 Å². The molecule has 2 saturated carbocycles. The number of hydrogen-bond acceptors (Lipinski definition) is 2. The molecule has 1 aromatic rings. The van der Waals surface area contributed by atoms with Crippen molar-refractivity contribution in [2.75, 3.05) is 13.2 Å². The van der Waals surface area contributed by atoms with Crippen LogP contribution in [0.25, 0.3) is 0 Å². The Hall–Kier alpha value is -1.35. The van der Waals surface area contributed by atoms with Crippen molar-refractivity contribution in [1.82, 2.24) is 5.32 Å². The quantitative estimate of drug-likeness (QED) is 0.865. The standard InChI is InChI=1S/C21H31NO2/c1-16-6-4-9-19(12-16)21(10-2-3-11-21)20(24)22-14-17-7-5-8-18(13-17)15-23/h4,6,9,12,17-18,23H,2-3,5,7-8,10-11,13-15H2,1H3,(H,22,24)/t17-,18+/m0/s1. The molecule has 2 atom stereocenters. The molecule has 0 heterocycles. The Bertz CT molecular complexity index is 563. The maximum Gasteiger partial charge on any atom is 0.230 e. The summed E-state index contributed by atoms with van der Waals surface area (Å²) in [6, 6.07) is 8.49. The number of aliphatic hydroxyl groups is 1. The van der Waals surface area contributed by atoms with E-state index in [0.29, 0.717) is 11.8 Å². The SMILES string of the molecule is Cc1cccc(C2(C(=O)NC[C@H]3CCC[C@@H](CO)C3)CCCC2)c1. The van der Waals surface area contributed by atoms with Gasteiger partial charge in [0.1, 0.15) is 0 Å². The van der Waals surface area contributed by atoms with Crippen molar-refractivity contribution >= 4 is 5.91 Å². The van der Waals surface area contributed by atoms with Crippen LogP contribution in [0.15, 0.2) is 24.3 Å². The van der Waals surface area contributed by atoms with Crippen molar-refractivity contribution in [1.29, 1.82) is 0 Å². The molecule has 132 valence electrons. The molecule has 1 aromatic carbocycles. The number of aryl methyl sites for hydroxylation is 1. The van der Waals surface area contributed by atoms with E-state index in [9.17, 15) is 9.90 Å². The van der Waals surface area contributed by atoms with Gasteiger partial charge in [-0.05, 0) is 56.4 Å². The van der Waals surface area contributed by atoms with Gasteiger partial charge in [-0.1, -0.05) is 49.1 Å². The maximum atomic E-state index is 13.1. The molecule has 0 radical (unpaired) electrons. The van der Waals surface area contributed by atoms with Gasteiger partial charge in [-0.2, -0.15) is 0 Å². The third-order valence-corrected chi connectivity index (χ3v) is 6.16. The van der Waals surface area contributed by atoms with E-state index in [0.717, 1.165) is 45.1 Å². The zero-order valence-corrected chi connectivity index (χ0v) is 14.9. The molecule has 24 heavy (non-hydrogen) atoms. The minimum Gasteiger partial charge on any atom is -0.396 e. The first-order valence-electron chi connectivity index (χ1n) is 9.60. The van der Waals surface area contributed by atoms with E-state index in [-0.39, 0.29) is 17.9 Å². The Kier molecular flexibility index (Phi) is 5.60. The molecule has 0 bridgehead atoms. The van der Waals surface area contributed by atoms with Crippen molar-refractivity contribution < 1.29 is 9.90 Å². The average Bonchev–Trinajstić information content (AvgIpc) is 3.11. The van der Waals surface area contributed by atoms with Crippen LogP contribution in [-0.2, 0) is 10.2 Å². The molecule has 0 unspecified atom stereocenters. The van der Waals surface area contributed by atoms with E-state index >= 15 is 0 Å². The summed E-state index contributed by atoms with van der Waals surface area (Å²) in [5.41, 5.74) is 2.09. The van der Waals surface area contributed by atoms with Gasteiger partial charge in [0.15, 0.2) is 0 Å². The van der Waals surface area contributed by atoms with Gasteiger partial charge in [0.25, 0.3) is 0 Å². The van der Waals surface area contributed by atoms with E-state index in [4.69, 9.17) is 0 Å². The van der Waals surface area contributed by atoms with Crippen LogP contribution in [0.5, 0.6) is 0 Å². The first kappa shape index (κ1) is 17.5. The Morgan fingerprint density at radius 1 is 1.21 bits per heavy atom. The molecule has 0 aliphatic heterocycles. The van der Waals surface area contributed by atoms with E-state index in [1.807, 2.05) is 0 Å². The minimum absolute atomic E-state index is 0.219. The van der Waals surface area contributed by atoms with Gasteiger partial charge in [0.2, 0.25) is 5.91 Å². The van der Waals surface area contributed by atoms with E-state index in [1.165, 1.54) is 24.0 Å². The highest BCUT2D eigenvalue weighted by molar-refractivity contribution is 5.88. The van der Waals surface area contributed by atoms with Gasteiger partial charge in [-0.25, -0.2) is 0 Å². The van der Waals surface area contributed by atoms with Crippen LogP contribution in [0.4, 0.5) is 0 Å². The van der Waals surface area contributed by atoms with E-state index in [2.05, 4.69) is 36.5 Å². The summed E-state index contributed by atoms with van der Waals surface area (Å²) in [6.07, 6.45) is 8.73. The number of aliphatic hydroxyl groups excluding tert-OH is 1. The average molecular weight is 329 g/mol. The number of amides is 1. The highest BCUT2D eigenvalue weighted by atomic mass is 16.3. The van der Waals surface area contributed by atoms with Crippen molar-refractivity contribution in [3.63, 3.8) is 0 Å². The van der Waals surface area contributed by atoms with Gasteiger partial charge >= 0.3 is 0 Å². The minimum atomic E-state index is -0.322. The van der Waals surface area contributed by atoms with Crippen LogP contribution in [-0.4, -0.2) is 24.2 Å². The fourth-order valence-electron chi connectivity index (χ4n) is 4.73. The van der Waals surface area contributed by atoms with Crippen LogP contribution >= 0.6 is 0 Å². The largest absolute Gasteiger partial charge is 0.396 e. The molecule has 3 nitrogen and oxygen atoms in total. The topological polar surface area (TPSA) is 49.3 Å². The van der Waals surface area contributed by atoms with Crippen molar-refractivity contribution in [3.8, 4) is 0 Å². The lowest BCUT2D eigenvalue weighted by Gasteiger charge is -2.32. The monoisotopic (exact) mass is 329 g/mol. The molecule has 2 N–H and O–H groups in total. The summed E-state index contributed by atoms with van der Waals surface area (Å²) in [6.45, 7) is 3.15. The van der Waals surface area contributed by atoms with Crippen LogP contribution in [0.3, 0.4) is 0 Å². The lowest BCUT2D eigenvalue weighted by atomic mass is 9.77. The van der Waals surface area contributed by atoms with E-state index in [1.54, 1.807) is 0 Å². The fraction of sp³-hybridized carbons (Fsp3) is 0.667. The first-order chi connectivity index (χ1) is 11.6. The predicted octanol–water partition coefficient (Wildman–Crippen LogP) is 3.72. The van der Waals surface area contributed by atoms with Gasteiger partial charge < -0.3 is 10.4 Å². The number of nitrogens with one attached hydrogen (secondary N) is 1. The molecule has 1 amide bonds. The molecule has 2 aliphatic rings. The maximum absolute atomic E-state index is 13.1. The zero-order chi connectivity index (χ0) is 17.0. The molecule has 2 aliphatic carbocycles. The lowest BCUT2D eigenvalue weighted by Crippen LogP contribution is -2.44. The summed E-state index contributed by atoms with van der Waals surface area (Å²) in [4.78, 5) is 13.1. The lowest BCUT2D eigenvalue weighted by molar-refractivity contribution is -0.126. The second-order valence-corrected chi connectivity index (χ2v) is 7.95. The van der Waals surface area contributed by atoms with Gasteiger partial charge in [-0.3, -0.25) is 4.79 Å². The van der Waals surface area contributed by atoms with E-state index < -0.39 is 0 Å². The smallest absolute Gasteiger partial charge is 0.230 e. The second-order valence-electron chi connectivity index (χ2n) is 7.95. The number of carbonyl (C=O) groups is 1. The summed E-state index contributed by atoms with van der Waals surface area (Å²) in [7, 11) is 0. The Labute approximate surface area is 145 Å². The highest BCUT2D eigenvalue weighted by Gasteiger charge is 2.42. The molecule has 3 rings (SSSR count). The first-order valence-corrected chi connectivity index (χ1v) is 9.60. The molecule has 0 aromatic heterocycles. The van der Waals surface area contributed by atoms with Crippen LogP contribution < -0.4 is 5.32 Å². The third kappa shape index (κ3) is 3.66. The van der Waals surface area contributed by atoms with Crippen LogP contribution in [0.1, 0.15) is 62.5 Å². The molecule has 3 heteroatoms. The Balaban J connectivity index is 1.67. The van der Waals surface area contributed by atoms with Gasteiger partial charge in [0, 0.05) is 13.2 Å². The highest BCUT2D eigenvalue weighted by Crippen LogP contribution is 2.41. The molecular formula is C21H31NO2. The van der Waals surface area contributed by atoms with Gasteiger partial charge in [-0.15, -0.1) is 0 Å². The molecular weight excluding hydrogens is 298 g/mol. The molecule has 0 saturated heterocycles. The van der Waals surface area contributed by atoms with Crippen LogP contribution in [0.2, 0.25) is 0 Å².